The van der Waals surface area contributed by atoms with E-state index in [1.165, 1.54) is 0 Å². The molecule has 0 fully saturated rings. The Bertz CT molecular complexity index is 1040. The minimum absolute atomic E-state index is 0.244. The summed E-state index contributed by atoms with van der Waals surface area (Å²) < 4.78 is 11.6. The van der Waals surface area contributed by atoms with Crippen LogP contribution in [0.1, 0.15) is 16.7 Å². The van der Waals surface area contributed by atoms with Gasteiger partial charge in [-0.05, 0) is 37.3 Å². The minimum Gasteiger partial charge on any atom is -0.493 e. The Balaban J connectivity index is 1.83. The summed E-state index contributed by atoms with van der Waals surface area (Å²) in [5, 5.41) is 9.47. The van der Waals surface area contributed by atoms with Crippen LogP contribution in [0.2, 0.25) is 5.02 Å². The smallest absolute Gasteiger partial charge is 0.254 e. The Labute approximate surface area is 161 Å². The number of hydrogen-bond donors (Lipinski definition) is 1. The number of rotatable bonds is 6. The Morgan fingerprint density at radius 2 is 2.00 bits per heavy atom. The summed E-state index contributed by atoms with van der Waals surface area (Å²) in [6, 6.07) is 10.3. The zero-order valence-corrected chi connectivity index (χ0v) is 15.3. The molecule has 0 radical (unpaired) electrons. The topological polar surface area (TPSA) is 88.0 Å². The van der Waals surface area contributed by atoms with Crippen molar-refractivity contribution < 1.29 is 9.47 Å². The maximum atomic E-state index is 12.0. The molecule has 0 amide bonds. The lowest BCUT2D eigenvalue weighted by atomic mass is 10.1. The zero-order valence-electron chi connectivity index (χ0n) is 14.5. The van der Waals surface area contributed by atoms with Gasteiger partial charge in [0.2, 0.25) is 0 Å². The first-order chi connectivity index (χ1) is 13.1. The Morgan fingerprint density at radius 3 is 2.74 bits per heavy atom. The molecule has 0 aliphatic rings. The van der Waals surface area contributed by atoms with Gasteiger partial charge in [-0.1, -0.05) is 11.6 Å². The number of aromatic nitrogens is 2. The largest absolute Gasteiger partial charge is 0.493 e. The molecule has 27 heavy (non-hydrogen) atoms. The first-order valence-electron chi connectivity index (χ1n) is 8.19. The van der Waals surface area contributed by atoms with Gasteiger partial charge in [0.05, 0.1) is 23.8 Å². The third kappa shape index (κ3) is 4.66. The molecule has 3 rings (SSSR count). The van der Waals surface area contributed by atoms with Gasteiger partial charge >= 0.3 is 0 Å². The van der Waals surface area contributed by atoms with Gasteiger partial charge in [-0.25, -0.2) is 0 Å². The number of nitrogens with one attached hydrogen (secondary N) is 1. The molecule has 6 nitrogen and oxygen atoms in total. The van der Waals surface area contributed by atoms with Gasteiger partial charge in [0.15, 0.2) is 0 Å². The Morgan fingerprint density at radius 1 is 1.22 bits per heavy atom. The third-order valence-corrected chi connectivity index (χ3v) is 4.08. The van der Waals surface area contributed by atoms with E-state index in [-0.39, 0.29) is 5.56 Å². The van der Waals surface area contributed by atoms with E-state index in [1.807, 2.05) is 6.07 Å². The van der Waals surface area contributed by atoms with Crippen molar-refractivity contribution in [2.24, 2.45) is 0 Å². The van der Waals surface area contributed by atoms with E-state index in [1.54, 1.807) is 55.8 Å². The average molecular weight is 382 g/mol. The third-order valence-electron chi connectivity index (χ3n) is 3.86. The van der Waals surface area contributed by atoms with Gasteiger partial charge in [-0.3, -0.25) is 9.78 Å². The number of benzene rings is 1. The Kier molecular flexibility index (Phi) is 5.74. The summed E-state index contributed by atoms with van der Waals surface area (Å²) in [4.78, 5) is 18.7. The average Bonchev–Trinajstić information content (AvgIpc) is 2.67. The van der Waals surface area contributed by atoms with E-state index < -0.39 is 0 Å². The zero-order chi connectivity index (χ0) is 19.2. The molecule has 7 heteroatoms. The number of hydrogen-bond acceptors (Lipinski definition) is 5. The van der Waals surface area contributed by atoms with Crippen LogP contribution in [0.25, 0.3) is 0 Å². The van der Waals surface area contributed by atoms with E-state index in [0.717, 1.165) is 5.56 Å². The van der Waals surface area contributed by atoms with Crippen molar-refractivity contribution in [2.75, 3.05) is 6.61 Å². The van der Waals surface area contributed by atoms with Crippen LogP contribution in [-0.2, 0) is 6.42 Å². The number of aromatic amines is 1. The molecule has 0 spiro atoms. The number of H-pyrrole nitrogens is 1. The van der Waals surface area contributed by atoms with E-state index >= 15 is 0 Å². The van der Waals surface area contributed by atoms with Crippen molar-refractivity contribution in [2.45, 2.75) is 13.3 Å². The van der Waals surface area contributed by atoms with Crippen molar-refractivity contribution in [1.82, 2.24) is 9.97 Å². The van der Waals surface area contributed by atoms with Crippen LogP contribution in [0.4, 0.5) is 0 Å². The standard InChI is InChI=1S/C20H16ClN3O3/c1-13-19(27-18-9-14(11-22)8-16(21)10-18)15(12-24-20(13)25)4-7-26-17-2-5-23-6-3-17/h2-3,5-6,8-10,12H,4,7H2,1H3,(H,24,25). The lowest BCUT2D eigenvalue weighted by molar-refractivity contribution is 0.319. The second kappa shape index (κ2) is 8.39. The lowest BCUT2D eigenvalue weighted by Gasteiger charge is -2.14. The normalized spacial score (nSPS) is 10.3. The van der Waals surface area contributed by atoms with Crippen molar-refractivity contribution >= 4 is 11.6 Å². The summed E-state index contributed by atoms with van der Waals surface area (Å²) in [5.41, 5.74) is 1.35. The predicted molar refractivity (Wildman–Crippen MR) is 101 cm³/mol. The highest BCUT2D eigenvalue weighted by Crippen LogP contribution is 2.30. The monoisotopic (exact) mass is 381 g/mol. The van der Waals surface area contributed by atoms with Crippen molar-refractivity contribution in [3.63, 3.8) is 0 Å². The molecule has 1 aromatic carbocycles. The predicted octanol–water partition coefficient (Wildman–Crippen LogP) is 4.02. The number of ether oxygens (including phenoxy) is 2. The van der Waals surface area contributed by atoms with Crippen LogP contribution in [0.15, 0.2) is 53.7 Å². The summed E-state index contributed by atoms with van der Waals surface area (Å²) in [6.07, 6.45) is 5.43. The van der Waals surface area contributed by atoms with Gasteiger partial charge < -0.3 is 14.5 Å². The molecule has 0 aliphatic heterocycles. The minimum atomic E-state index is -0.244. The van der Waals surface area contributed by atoms with Crippen molar-refractivity contribution in [3.05, 3.63) is 81.0 Å². The number of pyridine rings is 2. The number of nitrogens with zero attached hydrogens (tertiary/aromatic N) is 2. The van der Waals surface area contributed by atoms with Crippen LogP contribution in [0.3, 0.4) is 0 Å². The quantitative estimate of drug-likeness (QED) is 0.696. The van der Waals surface area contributed by atoms with Crippen molar-refractivity contribution in [3.8, 4) is 23.3 Å². The molecule has 2 heterocycles. The second-order valence-corrected chi connectivity index (χ2v) is 6.20. The Hall–Kier alpha value is -3.30. The highest BCUT2D eigenvalue weighted by atomic mass is 35.5. The number of halogens is 1. The summed E-state index contributed by atoms with van der Waals surface area (Å²) in [7, 11) is 0. The fraction of sp³-hybridized carbons (Fsp3) is 0.150. The van der Waals surface area contributed by atoms with Gasteiger partial charge in [-0.15, -0.1) is 0 Å². The van der Waals surface area contributed by atoms with Gasteiger partial charge in [-0.2, -0.15) is 5.26 Å². The van der Waals surface area contributed by atoms with Crippen LogP contribution in [-0.4, -0.2) is 16.6 Å². The van der Waals surface area contributed by atoms with Crippen LogP contribution >= 0.6 is 11.6 Å². The van der Waals surface area contributed by atoms with Gasteiger partial charge in [0.1, 0.15) is 17.2 Å². The highest BCUT2D eigenvalue weighted by Gasteiger charge is 2.13. The molecule has 0 bridgehead atoms. The van der Waals surface area contributed by atoms with Gasteiger partial charge in [0.25, 0.3) is 5.56 Å². The highest BCUT2D eigenvalue weighted by molar-refractivity contribution is 6.30. The maximum Gasteiger partial charge on any atom is 0.254 e. The molecule has 136 valence electrons. The van der Waals surface area contributed by atoms with E-state index in [9.17, 15) is 4.79 Å². The molecule has 0 saturated carbocycles. The second-order valence-electron chi connectivity index (χ2n) is 5.77. The molecule has 1 N–H and O–H groups in total. The van der Waals surface area contributed by atoms with E-state index in [2.05, 4.69) is 9.97 Å². The molecule has 0 unspecified atom stereocenters. The molecule has 0 saturated heterocycles. The van der Waals surface area contributed by atoms with Crippen molar-refractivity contribution in [1.29, 1.82) is 5.26 Å². The van der Waals surface area contributed by atoms with Crippen LogP contribution < -0.4 is 15.0 Å². The van der Waals surface area contributed by atoms with Gasteiger partial charge in [0, 0.05) is 35.6 Å². The SMILES string of the molecule is Cc1c(Oc2cc(Cl)cc(C#N)c2)c(CCOc2ccncc2)c[nH]c1=O. The van der Waals surface area contributed by atoms with E-state index in [0.29, 0.717) is 46.4 Å². The first-order valence-corrected chi connectivity index (χ1v) is 8.57. The number of nitriles is 1. The maximum absolute atomic E-state index is 12.0. The summed E-state index contributed by atoms with van der Waals surface area (Å²) >= 11 is 6.03. The molecule has 3 aromatic rings. The molecule has 2 aromatic heterocycles. The van der Waals surface area contributed by atoms with Crippen LogP contribution in [0.5, 0.6) is 17.2 Å². The molecular formula is C20H16ClN3O3. The summed E-state index contributed by atoms with van der Waals surface area (Å²) in [6.45, 7) is 2.07. The first kappa shape index (κ1) is 18.5. The molecular weight excluding hydrogens is 366 g/mol. The van der Waals surface area contributed by atoms with E-state index in [4.69, 9.17) is 26.3 Å². The van der Waals surface area contributed by atoms with Crippen LogP contribution in [0, 0.1) is 18.3 Å². The summed E-state index contributed by atoms with van der Waals surface area (Å²) in [5.74, 6) is 1.54. The fourth-order valence-electron chi connectivity index (χ4n) is 2.52. The fourth-order valence-corrected chi connectivity index (χ4v) is 2.74. The molecule has 0 aliphatic carbocycles. The molecule has 0 atom stereocenters. The lowest BCUT2D eigenvalue weighted by Crippen LogP contribution is -2.13.